The number of hydrogen-bond acceptors (Lipinski definition) is 5. The zero-order chi connectivity index (χ0) is 24.1. The summed E-state index contributed by atoms with van der Waals surface area (Å²) in [6, 6.07) is 8.67. The van der Waals surface area contributed by atoms with Gasteiger partial charge < -0.3 is 19.7 Å². The molecule has 0 saturated carbocycles. The van der Waals surface area contributed by atoms with Gasteiger partial charge in [-0.3, -0.25) is 4.79 Å². The fourth-order valence-corrected chi connectivity index (χ4v) is 5.27. The van der Waals surface area contributed by atoms with Gasteiger partial charge in [-0.15, -0.1) is 0 Å². The standard InChI is InChI=1S/C28H37N3O3/c1-5-31(21-13-15-34-16-14-21)26-12-8-11-23-22(26)10-7-6-9-19(2)24-17-20(3)30-28(33-4)25(24)18-29-27(23)32/h6-8,11-12,17,19,21H,5,9-10,13-16,18H2,1-4H3,(H,29,32)/b7-6-. The Kier molecular flexibility index (Phi) is 7.88. The van der Waals surface area contributed by atoms with Crippen molar-refractivity contribution in [2.24, 2.45) is 0 Å². The lowest BCUT2D eigenvalue weighted by Crippen LogP contribution is -2.40. The van der Waals surface area contributed by atoms with E-state index >= 15 is 0 Å². The number of hydrogen-bond donors (Lipinski definition) is 1. The predicted octanol–water partition coefficient (Wildman–Crippen LogP) is 4.94. The molecule has 0 bridgehead atoms. The Morgan fingerprint density at radius 1 is 1.21 bits per heavy atom. The van der Waals surface area contributed by atoms with Gasteiger partial charge in [0.15, 0.2) is 0 Å². The number of anilines is 1. The Bertz CT molecular complexity index is 1040. The fourth-order valence-electron chi connectivity index (χ4n) is 5.27. The Balaban J connectivity index is 1.73. The predicted molar refractivity (Wildman–Crippen MR) is 136 cm³/mol. The Hall–Kier alpha value is -2.86. The highest BCUT2D eigenvalue weighted by Gasteiger charge is 2.25. The lowest BCUT2D eigenvalue weighted by Gasteiger charge is -2.37. The minimum absolute atomic E-state index is 0.0601. The molecule has 1 fully saturated rings. The molecule has 1 aromatic heterocycles. The highest BCUT2D eigenvalue weighted by molar-refractivity contribution is 5.97. The van der Waals surface area contributed by atoms with Crippen LogP contribution in [0.4, 0.5) is 5.69 Å². The monoisotopic (exact) mass is 463 g/mol. The lowest BCUT2D eigenvalue weighted by atomic mass is 9.91. The molecule has 1 saturated heterocycles. The van der Waals surface area contributed by atoms with Crippen LogP contribution >= 0.6 is 0 Å². The molecule has 2 aromatic rings. The molecule has 0 radical (unpaired) electrons. The van der Waals surface area contributed by atoms with Crippen molar-refractivity contribution in [3.05, 3.63) is 64.4 Å². The Morgan fingerprint density at radius 2 is 2.00 bits per heavy atom. The van der Waals surface area contributed by atoms with Gasteiger partial charge in [0.05, 0.1) is 7.11 Å². The quantitative estimate of drug-likeness (QED) is 0.651. The topological polar surface area (TPSA) is 63.7 Å². The number of benzene rings is 1. The molecule has 4 rings (SSSR count). The molecular formula is C28H37N3O3. The summed E-state index contributed by atoms with van der Waals surface area (Å²) in [6.07, 6.45) is 8.15. The number of aromatic nitrogens is 1. The first-order chi connectivity index (χ1) is 16.5. The molecular weight excluding hydrogens is 426 g/mol. The van der Waals surface area contributed by atoms with E-state index in [1.54, 1.807) is 7.11 Å². The number of nitrogens with zero attached hydrogens (tertiary/aromatic N) is 2. The van der Waals surface area contributed by atoms with Crippen LogP contribution in [0.2, 0.25) is 0 Å². The summed E-state index contributed by atoms with van der Waals surface area (Å²) in [7, 11) is 1.64. The number of nitrogens with one attached hydrogen (secondary N) is 1. The molecule has 3 heterocycles. The molecule has 0 spiro atoms. The summed E-state index contributed by atoms with van der Waals surface area (Å²) in [5.41, 5.74) is 6.05. The second-order valence-corrected chi connectivity index (χ2v) is 9.27. The minimum Gasteiger partial charge on any atom is -0.481 e. The average molecular weight is 464 g/mol. The van der Waals surface area contributed by atoms with Crippen molar-refractivity contribution in [3.8, 4) is 5.88 Å². The highest BCUT2D eigenvalue weighted by atomic mass is 16.5. The zero-order valence-electron chi connectivity index (χ0n) is 20.9. The zero-order valence-corrected chi connectivity index (χ0v) is 20.9. The van der Waals surface area contributed by atoms with Crippen LogP contribution < -0.4 is 15.0 Å². The van der Waals surface area contributed by atoms with Gasteiger partial charge in [0, 0.05) is 54.9 Å². The molecule has 6 heteroatoms. The van der Waals surface area contributed by atoms with E-state index in [0.29, 0.717) is 24.4 Å². The molecule has 2 aliphatic rings. The van der Waals surface area contributed by atoms with Crippen molar-refractivity contribution in [2.75, 3.05) is 31.8 Å². The second-order valence-electron chi connectivity index (χ2n) is 9.27. The van der Waals surface area contributed by atoms with Crippen molar-refractivity contribution in [1.29, 1.82) is 0 Å². The SMILES string of the molecule is CCN(c1cccc2c1C/C=C\CC(C)c1cc(C)nc(OC)c1CNC2=O)C1CCOCC1. The third-order valence-corrected chi connectivity index (χ3v) is 7.05. The van der Waals surface area contributed by atoms with E-state index in [2.05, 4.69) is 53.3 Å². The van der Waals surface area contributed by atoms with Crippen molar-refractivity contribution >= 4 is 11.6 Å². The van der Waals surface area contributed by atoms with Crippen LogP contribution in [0, 0.1) is 6.92 Å². The summed E-state index contributed by atoms with van der Waals surface area (Å²) in [5, 5.41) is 3.17. The van der Waals surface area contributed by atoms with E-state index in [9.17, 15) is 4.79 Å². The summed E-state index contributed by atoms with van der Waals surface area (Å²) >= 11 is 0. The van der Waals surface area contributed by atoms with Gasteiger partial charge in [-0.05, 0) is 74.8 Å². The van der Waals surface area contributed by atoms with Crippen LogP contribution in [0.15, 0.2) is 36.4 Å². The Morgan fingerprint density at radius 3 is 2.74 bits per heavy atom. The van der Waals surface area contributed by atoms with Crippen LogP contribution in [-0.2, 0) is 17.7 Å². The molecule has 2 aliphatic heterocycles. The van der Waals surface area contributed by atoms with Gasteiger partial charge in [0.25, 0.3) is 5.91 Å². The first-order valence-electron chi connectivity index (χ1n) is 12.5. The Labute approximate surface area is 203 Å². The van der Waals surface area contributed by atoms with Gasteiger partial charge in [-0.25, -0.2) is 4.98 Å². The maximum atomic E-state index is 13.5. The van der Waals surface area contributed by atoms with Crippen molar-refractivity contribution < 1.29 is 14.3 Å². The number of methoxy groups -OCH3 is 1. The maximum absolute atomic E-state index is 13.5. The van der Waals surface area contributed by atoms with Gasteiger partial charge in [-0.2, -0.15) is 0 Å². The van der Waals surface area contributed by atoms with Crippen LogP contribution in [0.3, 0.4) is 0 Å². The largest absolute Gasteiger partial charge is 0.481 e. The number of pyridine rings is 1. The molecule has 1 atom stereocenters. The molecule has 6 nitrogen and oxygen atoms in total. The maximum Gasteiger partial charge on any atom is 0.251 e. The third-order valence-electron chi connectivity index (χ3n) is 7.05. The third kappa shape index (κ3) is 5.12. The molecule has 1 amide bonds. The van der Waals surface area contributed by atoms with E-state index < -0.39 is 0 Å². The van der Waals surface area contributed by atoms with Crippen molar-refractivity contribution in [3.63, 3.8) is 0 Å². The molecule has 34 heavy (non-hydrogen) atoms. The highest BCUT2D eigenvalue weighted by Crippen LogP contribution is 2.32. The first-order valence-corrected chi connectivity index (χ1v) is 12.5. The van der Waals surface area contributed by atoms with Gasteiger partial charge in [-0.1, -0.05) is 25.1 Å². The molecule has 1 aromatic carbocycles. The van der Waals surface area contributed by atoms with Crippen LogP contribution in [0.1, 0.15) is 71.8 Å². The molecule has 182 valence electrons. The number of carbonyl (C=O) groups excluding carboxylic acids is 1. The smallest absolute Gasteiger partial charge is 0.251 e. The number of allylic oxidation sites excluding steroid dienone is 2. The number of rotatable bonds is 4. The van der Waals surface area contributed by atoms with Crippen molar-refractivity contribution in [2.45, 2.75) is 65.0 Å². The summed E-state index contributed by atoms with van der Waals surface area (Å²) in [5.74, 6) is 0.825. The number of amides is 1. The van der Waals surface area contributed by atoms with Crippen LogP contribution in [-0.4, -0.2) is 43.8 Å². The van der Waals surface area contributed by atoms with Crippen LogP contribution in [0.25, 0.3) is 0 Å². The fraction of sp³-hybridized carbons (Fsp3) is 0.500. The molecule has 1 unspecified atom stereocenters. The second kappa shape index (κ2) is 11.0. The van der Waals surface area contributed by atoms with Crippen LogP contribution in [0.5, 0.6) is 5.88 Å². The van der Waals surface area contributed by atoms with E-state index in [4.69, 9.17) is 9.47 Å². The van der Waals surface area contributed by atoms with E-state index in [-0.39, 0.29) is 5.91 Å². The van der Waals surface area contributed by atoms with Gasteiger partial charge in [0.1, 0.15) is 0 Å². The minimum atomic E-state index is -0.0601. The molecule has 0 aliphatic carbocycles. The van der Waals surface area contributed by atoms with E-state index in [1.165, 1.54) is 5.56 Å². The number of carbonyl (C=O) groups is 1. The normalized spacial score (nSPS) is 20.2. The average Bonchev–Trinajstić information content (AvgIpc) is 2.86. The summed E-state index contributed by atoms with van der Waals surface area (Å²) < 4.78 is 11.2. The summed E-state index contributed by atoms with van der Waals surface area (Å²) in [6.45, 7) is 9.28. The summed E-state index contributed by atoms with van der Waals surface area (Å²) in [4.78, 5) is 20.5. The molecule has 1 N–H and O–H groups in total. The number of aryl methyl sites for hydroxylation is 1. The van der Waals surface area contributed by atoms with E-state index in [1.807, 2.05) is 19.1 Å². The first kappa shape index (κ1) is 24.3. The van der Waals surface area contributed by atoms with Gasteiger partial charge in [0.2, 0.25) is 5.88 Å². The van der Waals surface area contributed by atoms with Crippen molar-refractivity contribution in [1.82, 2.24) is 10.3 Å². The number of fused-ring (bicyclic) bond motifs is 2. The van der Waals surface area contributed by atoms with E-state index in [0.717, 1.165) is 73.5 Å². The number of ether oxygens (including phenoxy) is 2. The van der Waals surface area contributed by atoms with Gasteiger partial charge >= 0.3 is 0 Å². The lowest BCUT2D eigenvalue weighted by molar-refractivity contribution is 0.0845.